The normalized spacial score (nSPS) is 11.9. The minimum Gasteiger partial charge on any atom is -0.456 e. The fraction of sp³-hybridized carbons (Fsp3) is 0.286. The molecule has 0 atom stereocenters. The molecule has 31 heavy (non-hydrogen) atoms. The summed E-state index contributed by atoms with van der Waals surface area (Å²) in [5, 5.41) is 3.87. The minimum atomic E-state index is -0.0435. The van der Waals surface area contributed by atoms with Crippen LogP contribution in [0.3, 0.4) is 0 Å². The number of hydrogen-bond donors (Lipinski definition) is 0. The third-order valence-electron chi connectivity index (χ3n) is 5.52. The van der Waals surface area contributed by atoms with Crippen molar-refractivity contribution in [1.82, 2.24) is 0 Å². The van der Waals surface area contributed by atoms with Crippen molar-refractivity contribution < 1.29 is 69.8 Å². The predicted molar refractivity (Wildman–Crippen MR) is 129 cm³/mol. The number of rotatable bonds is 1. The Morgan fingerprint density at radius 2 is 1.29 bits per heavy atom. The van der Waals surface area contributed by atoms with Gasteiger partial charge in [-0.1, -0.05) is 95.1 Å². The van der Waals surface area contributed by atoms with Crippen molar-refractivity contribution in [3.05, 3.63) is 86.1 Å². The largest absolute Gasteiger partial charge is 0.456 e. The quantitative estimate of drug-likeness (QED) is 0.211. The molecule has 0 fully saturated rings. The Morgan fingerprint density at radius 3 is 1.90 bits per heavy atom. The Balaban J connectivity index is 0.000000910. The van der Waals surface area contributed by atoms with Crippen molar-refractivity contribution in [2.45, 2.75) is 52.9 Å². The minimum absolute atomic E-state index is 0. The summed E-state index contributed by atoms with van der Waals surface area (Å²) < 4.78 is 6.22. The molecule has 5 rings (SSSR count). The van der Waals surface area contributed by atoms with Crippen LogP contribution in [0.15, 0.2) is 65.1 Å². The molecular weight excluding hydrogens is 530 g/mol. The molecule has 0 spiro atoms. The maximum atomic E-state index is 6.22. The molecule has 1 nitrogen and oxygen atoms in total. The van der Waals surface area contributed by atoms with Gasteiger partial charge in [-0.3, -0.25) is 0 Å². The molecule has 0 N–H and O–H groups in total. The Kier molecular flexibility index (Phi) is 13.2. The van der Waals surface area contributed by atoms with Gasteiger partial charge in [0.15, 0.2) is 0 Å². The van der Waals surface area contributed by atoms with Gasteiger partial charge in [-0.05, 0) is 22.4 Å². The van der Waals surface area contributed by atoms with E-state index in [0.29, 0.717) is 0 Å². The average Bonchev–Trinajstić information content (AvgIpc) is 3.24. The van der Waals surface area contributed by atoms with Gasteiger partial charge < -0.3 is 18.8 Å². The SMILES string of the molecule is CC1(C)c2c(ccc3ccccc23)-c2oc3ccccc3c21.CCCC.[CH2-]C.[CH3-].[Y].[Y]. The van der Waals surface area contributed by atoms with Crippen molar-refractivity contribution >= 4 is 21.7 Å². The Hall–Kier alpha value is -0.332. The van der Waals surface area contributed by atoms with E-state index < -0.39 is 0 Å². The van der Waals surface area contributed by atoms with Crippen LogP contribution in [0.5, 0.6) is 0 Å². The van der Waals surface area contributed by atoms with Crippen LogP contribution in [0.2, 0.25) is 0 Å². The van der Waals surface area contributed by atoms with E-state index in [4.69, 9.17) is 4.42 Å². The van der Waals surface area contributed by atoms with Crippen LogP contribution in [-0.2, 0) is 70.8 Å². The maximum Gasteiger partial charge on any atom is 0.139 e. The van der Waals surface area contributed by atoms with E-state index in [0.717, 1.165) is 11.3 Å². The zero-order valence-corrected chi connectivity index (χ0v) is 25.6. The van der Waals surface area contributed by atoms with E-state index in [9.17, 15) is 0 Å². The summed E-state index contributed by atoms with van der Waals surface area (Å²) >= 11 is 0. The van der Waals surface area contributed by atoms with E-state index in [1.807, 2.05) is 6.07 Å². The summed E-state index contributed by atoms with van der Waals surface area (Å²) in [7, 11) is 0. The van der Waals surface area contributed by atoms with Crippen molar-refractivity contribution in [3.8, 4) is 11.3 Å². The molecule has 0 aliphatic heterocycles. The summed E-state index contributed by atoms with van der Waals surface area (Å²) in [6.45, 7) is 14.0. The van der Waals surface area contributed by atoms with Crippen molar-refractivity contribution in [2.24, 2.45) is 0 Å². The number of furan rings is 1. The molecule has 4 aromatic rings. The van der Waals surface area contributed by atoms with Gasteiger partial charge in [-0.25, -0.2) is 0 Å². The summed E-state index contributed by atoms with van der Waals surface area (Å²) in [6.07, 6.45) is 2.64. The summed E-state index contributed by atoms with van der Waals surface area (Å²) in [5.41, 5.74) is 4.91. The standard InChI is InChI=1S/C21H16O.C4H10.C2H5.CH3.2Y/c1-21(2)18-14-8-4-3-7-13(14)11-12-16(18)20-19(21)15-9-5-6-10-17(15)22-20;1-3-4-2;1-2;;;/h3-12H,1-2H3;3-4H2,1-2H3;1H2,2H3;1H3;;/q;;2*-1;;. The van der Waals surface area contributed by atoms with E-state index >= 15 is 0 Å². The van der Waals surface area contributed by atoms with Gasteiger partial charge in [-0.2, -0.15) is 6.92 Å². The first kappa shape index (κ1) is 30.7. The monoisotopic (exact) mass is 564 g/mol. The third-order valence-corrected chi connectivity index (χ3v) is 5.52. The summed E-state index contributed by atoms with van der Waals surface area (Å²) in [6, 6.07) is 21.4. The number of benzene rings is 3. The third kappa shape index (κ3) is 5.60. The van der Waals surface area contributed by atoms with E-state index in [1.165, 1.54) is 45.7 Å². The van der Waals surface area contributed by atoms with Gasteiger partial charge in [0, 0.05) is 87.3 Å². The molecule has 0 saturated carbocycles. The first-order valence-corrected chi connectivity index (χ1v) is 10.3. The molecule has 1 aromatic heterocycles. The smallest absolute Gasteiger partial charge is 0.139 e. The molecule has 160 valence electrons. The fourth-order valence-corrected chi connectivity index (χ4v) is 4.11. The van der Waals surface area contributed by atoms with Crippen LogP contribution in [0.25, 0.3) is 33.1 Å². The second-order valence-corrected chi connectivity index (χ2v) is 7.64. The van der Waals surface area contributed by atoms with E-state index in [1.54, 1.807) is 6.92 Å². The topological polar surface area (TPSA) is 13.1 Å². The summed E-state index contributed by atoms with van der Waals surface area (Å²) in [4.78, 5) is 0. The predicted octanol–water partition coefficient (Wildman–Crippen LogP) is 8.98. The number of unbranched alkanes of at least 4 members (excludes halogenated alkanes) is 1. The first-order valence-electron chi connectivity index (χ1n) is 10.3. The zero-order chi connectivity index (χ0) is 20.3. The molecule has 0 saturated heterocycles. The van der Waals surface area contributed by atoms with Gasteiger partial charge >= 0.3 is 0 Å². The average molecular weight is 564 g/mol. The zero-order valence-electron chi connectivity index (χ0n) is 20.0. The second-order valence-electron chi connectivity index (χ2n) is 7.64. The Morgan fingerprint density at radius 1 is 0.742 bits per heavy atom. The first-order chi connectivity index (χ1) is 13.6. The molecule has 1 aliphatic carbocycles. The van der Waals surface area contributed by atoms with Crippen molar-refractivity contribution in [3.63, 3.8) is 0 Å². The van der Waals surface area contributed by atoms with Crippen molar-refractivity contribution in [1.29, 1.82) is 0 Å². The van der Waals surface area contributed by atoms with Gasteiger partial charge in [0.2, 0.25) is 0 Å². The Labute approximate surface area is 239 Å². The van der Waals surface area contributed by atoms with Crippen LogP contribution in [0.4, 0.5) is 0 Å². The molecular formula is C28H34OY2-2. The second kappa shape index (κ2) is 13.4. The van der Waals surface area contributed by atoms with Crippen LogP contribution in [-0.4, -0.2) is 0 Å². The molecule has 0 bridgehead atoms. The molecule has 2 radical (unpaired) electrons. The molecule has 0 amide bonds. The number of fused-ring (bicyclic) bond motifs is 7. The fourth-order valence-electron chi connectivity index (χ4n) is 4.11. The molecule has 0 unspecified atom stereocenters. The van der Waals surface area contributed by atoms with Crippen LogP contribution in [0.1, 0.15) is 58.6 Å². The van der Waals surface area contributed by atoms with E-state index in [-0.39, 0.29) is 78.3 Å². The van der Waals surface area contributed by atoms with Crippen LogP contribution < -0.4 is 0 Å². The maximum absolute atomic E-state index is 6.22. The van der Waals surface area contributed by atoms with Gasteiger partial charge in [0.05, 0.1) is 0 Å². The van der Waals surface area contributed by atoms with Gasteiger partial charge in [0.1, 0.15) is 11.3 Å². The summed E-state index contributed by atoms with van der Waals surface area (Å²) in [5.74, 6) is 1.05. The van der Waals surface area contributed by atoms with Crippen molar-refractivity contribution in [2.75, 3.05) is 0 Å². The molecule has 3 aromatic carbocycles. The number of hydrogen-bond acceptors (Lipinski definition) is 1. The molecule has 3 heteroatoms. The number of para-hydroxylation sites is 1. The van der Waals surface area contributed by atoms with E-state index in [2.05, 4.69) is 89.2 Å². The Bertz CT molecular complexity index is 1090. The van der Waals surface area contributed by atoms with Gasteiger partial charge in [-0.15, -0.1) is 0 Å². The van der Waals surface area contributed by atoms with Crippen LogP contribution >= 0.6 is 0 Å². The van der Waals surface area contributed by atoms with Gasteiger partial charge in [0.25, 0.3) is 0 Å². The molecule has 1 aliphatic rings. The molecule has 1 heterocycles. The van der Waals surface area contributed by atoms with Crippen LogP contribution in [0, 0.1) is 14.4 Å².